The minimum Gasteiger partial charge on any atom is -0.465 e. The molecule has 0 aliphatic carbocycles. The number of benzene rings is 1. The lowest BCUT2D eigenvalue weighted by Crippen LogP contribution is -2.27. The number of carbonyl (C=O) groups is 2. The number of nitrogens with one attached hydrogen (secondary N) is 1. The summed E-state index contributed by atoms with van der Waals surface area (Å²) in [7, 11) is 1.49. The number of methoxy groups -OCH3 is 1. The van der Waals surface area contributed by atoms with Gasteiger partial charge in [0.05, 0.1) is 6.61 Å². The predicted octanol–water partition coefficient (Wildman–Crippen LogP) is 2.94. The van der Waals surface area contributed by atoms with Crippen LogP contribution in [0.4, 0.5) is 13.6 Å². The van der Waals surface area contributed by atoms with Gasteiger partial charge in [0.25, 0.3) is 0 Å². The fourth-order valence-electron chi connectivity index (χ4n) is 2.10. The second kappa shape index (κ2) is 9.09. The van der Waals surface area contributed by atoms with Crippen LogP contribution in [0.15, 0.2) is 24.3 Å². The lowest BCUT2D eigenvalue weighted by atomic mass is 9.93. The first-order valence-electron chi connectivity index (χ1n) is 6.80. The summed E-state index contributed by atoms with van der Waals surface area (Å²) in [6.45, 7) is 0.110. The number of amides is 1. The molecule has 1 rings (SSSR count). The molecule has 2 N–H and O–H groups in total. The number of carbonyl (C=O) groups excluding carboxylic acids is 1. The molecule has 0 aliphatic heterocycles. The highest BCUT2D eigenvalue weighted by molar-refractivity contribution is 5.97. The largest absolute Gasteiger partial charge is 0.465 e. The van der Waals surface area contributed by atoms with Gasteiger partial charge in [-0.15, -0.1) is 0 Å². The van der Waals surface area contributed by atoms with E-state index in [0.717, 1.165) is 0 Å². The second-order valence-electron chi connectivity index (χ2n) is 4.83. The zero-order chi connectivity index (χ0) is 16.5. The molecule has 0 saturated heterocycles. The molecule has 0 aliphatic rings. The Kier molecular flexibility index (Phi) is 7.45. The van der Waals surface area contributed by atoms with Crippen LogP contribution in [0.5, 0.6) is 0 Å². The maximum absolute atomic E-state index is 13.0. The number of ketones is 1. The number of halogens is 2. The molecule has 0 spiro atoms. The van der Waals surface area contributed by atoms with Crippen LogP contribution >= 0.6 is 0 Å². The minimum absolute atomic E-state index is 0.0951. The third-order valence-corrected chi connectivity index (χ3v) is 3.21. The molecule has 1 aromatic rings. The van der Waals surface area contributed by atoms with E-state index in [2.05, 4.69) is 0 Å². The first-order chi connectivity index (χ1) is 10.5. The van der Waals surface area contributed by atoms with Gasteiger partial charge in [-0.2, -0.15) is 0 Å². The van der Waals surface area contributed by atoms with Crippen LogP contribution in [0, 0.1) is 5.92 Å². The van der Waals surface area contributed by atoms with Crippen molar-refractivity contribution in [2.45, 2.75) is 25.9 Å². The third kappa shape index (κ3) is 5.77. The van der Waals surface area contributed by atoms with Crippen molar-refractivity contribution in [1.82, 2.24) is 5.32 Å². The number of alkyl halides is 2. The van der Waals surface area contributed by atoms with Gasteiger partial charge in [-0.1, -0.05) is 24.3 Å². The molecule has 0 bridgehead atoms. The summed E-state index contributed by atoms with van der Waals surface area (Å²) in [5.41, 5.74) is 1.01. The fraction of sp³-hybridized carbons (Fsp3) is 0.467. The zero-order valence-corrected chi connectivity index (χ0v) is 12.2. The summed E-state index contributed by atoms with van der Waals surface area (Å²) in [5, 5.41) is 10.5. The van der Waals surface area contributed by atoms with Crippen LogP contribution in [0.3, 0.4) is 0 Å². The Morgan fingerprint density at radius 3 is 2.59 bits per heavy atom. The Morgan fingerprint density at radius 1 is 1.32 bits per heavy atom. The van der Waals surface area contributed by atoms with Gasteiger partial charge in [0, 0.05) is 31.6 Å². The maximum Gasteiger partial charge on any atom is 0.404 e. The number of Topliss-reactive ketones (excluding diaryl/α,β-unsaturated/α-hetero) is 1. The summed E-state index contributed by atoms with van der Waals surface area (Å²) >= 11 is 0. The number of rotatable bonds is 9. The van der Waals surface area contributed by atoms with E-state index in [0.29, 0.717) is 11.1 Å². The summed E-state index contributed by atoms with van der Waals surface area (Å²) in [6.07, 6.45) is -4.39. The Labute approximate surface area is 127 Å². The Hall–Kier alpha value is -2.02. The van der Waals surface area contributed by atoms with E-state index in [-0.39, 0.29) is 26.0 Å². The van der Waals surface area contributed by atoms with E-state index < -0.39 is 24.2 Å². The van der Waals surface area contributed by atoms with Gasteiger partial charge in [-0.25, -0.2) is 13.6 Å². The quantitative estimate of drug-likeness (QED) is 0.687. The van der Waals surface area contributed by atoms with E-state index >= 15 is 0 Å². The van der Waals surface area contributed by atoms with Gasteiger partial charge in [-0.05, 0) is 12.0 Å². The Morgan fingerprint density at radius 2 is 2.00 bits per heavy atom. The van der Waals surface area contributed by atoms with Crippen LogP contribution in [0.1, 0.15) is 28.8 Å². The van der Waals surface area contributed by atoms with E-state index in [4.69, 9.17) is 9.84 Å². The summed E-state index contributed by atoms with van der Waals surface area (Å²) in [6, 6.07) is 6.69. The third-order valence-electron chi connectivity index (χ3n) is 3.21. The molecule has 122 valence electrons. The molecule has 7 heteroatoms. The van der Waals surface area contributed by atoms with Crippen molar-refractivity contribution in [3.05, 3.63) is 35.4 Å². The van der Waals surface area contributed by atoms with Crippen LogP contribution in [0.25, 0.3) is 0 Å². The first kappa shape index (κ1) is 18.0. The molecule has 1 atom stereocenters. The lowest BCUT2D eigenvalue weighted by molar-refractivity contribution is 0.0594. The highest BCUT2D eigenvalue weighted by Gasteiger charge is 2.25. The number of hydrogen-bond donors (Lipinski definition) is 2. The van der Waals surface area contributed by atoms with E-state index in [1.807, 2.05) is 5.32 Å². The lowest BCUT2D eigenvalue weighted by Gasteiger charge is -2.16. The summed E-state index contributed by atoms with van der Waals surface area (Å²) < 4.78 is 31.0. The Bertz CT molecular complexity index is 508. The van der Waals surface area contributed by atoms with Crippen molar-refractivity contribution in [2.24, 2.45) is 5.92 Å². The van der Waals surface area contributed by atoms with Gasteiger partial charge in [0.15, 0.2) is 5.78 Å². The zero-order valence-electron chi connectivity index (χ0n) is 12.2. The van der Waals surface area contributed by atoms with Crippen LogP contribution in [0.2, 0.25) is 0 Å². The maximum atomic E-state index is 13.0. The minimum atomic E-state index is -2.69. The SMILES string of the molecule is COCc1ccccc1C(=O)CC(CCNC(=O)O)C(F)F. The molecule has 22 heavy (non-hydrogen) atoms. The van der Waals surface area contributed by atoms with Crippen molar-refractivity contribution in [2.75, 3.05) is 13.7 Å². The van der Waals surface area contributed by atoms with Crippen molar-refractivity contribution in [3.63, 3.8) is 0 Å². The van der Waals surface area contributed by atoms with Crippen molar-refractivity contribution < 1.29 is 28.2 Å². The monoisotopic (exact) mass is 315 g/mol. The number of hydrogen-bond acceptors (Lipinski definition) is 3. The topological polar surface area (TPSA) is 75.6 Å². The average molecular weight is 315 g/mol. The Balaban J connectivity index is 2.72. The standard InChI is InChI=1S/C15H19F2NO4/c1-22-9-11-4-2-3-5-12(11)13(19)8-10(14(16)17)6-7-18-15(20)21/h2-5,10,14,18H,6-9H2,1H3,(H,20,21). The molecule has 0 aromatic heterocycles. The van der Waals surface area contributed by atoms with E-state index in [9.17, 15) is 18.4 Å². The first-order valence-corrected chi connectivity index (χ1v) is 6.80. The van der Waals surface area contributed by atoms with Crippen LogP contribution in [-0.4, -0.2) is 37.1 Å². The molecule has 0 radical (unpaired) electrons. The second-order valence-corrected chi connectivity index (χ2v) is 4.83. The van der Waals surface area contributed by atoms with E-state index in [1.54, 1.807) is 24.3 Å². The number of carboxylic acid groups (broad SMARTS) is 1. The van der Waals surface area contributed by atoms with Gasteiger partial charge in [0.1, 0.15) is 0 Å². The number of ether oxygens (including phenoxy) is 1. The summed E-state index contributed by atoms with van der Waals surface area (Å²) in [4.78, 5) is 22.6. The van der Waals surface area contributed by atoms with Crippen LogP contribution < -0.4 is 5.32 Å². The molecule has 1 amide bonds. The van der Waals surface area contributed by atoms with Gasteiger partial charge >= 0.3 is 6.09 Å². The van der Waals surface area contributed by atoms with Crippen molar-refractivity contribution in [1.29, 1.82) is 0 Å². The molecular formula is C15H19F2NO4. The normalized spacial score (nSPS) is 12.2. The van der Waals surface area contributed by atoms with Crippen LogP contribution in [-0.2, 0) is 11.3 Å². The smallest absolute Gasteiger partial charge is 0.404 e. The van der Waals surface area contributed by atoms with Crippen molar-refractivity contribution >= 4 is 11.9 Å². The van der Waals surface area contributed by atoms with Gasteiger partial charge < -0.3 is 15.2 Å². The molecule has 0 fully saturated rings. The van der Waals surface area contributed by atoms with E-state index in [1.165, 1.54) is 7.11 Å². The summed E-state index contributed by atoms with van der Waals surface area (Å²) in [5.74, 6) is -1.58. The molecule has 1 aromatic carbocycles. The van der Waals surface area contributed by atoms with Gasteiger partial charge in [0.2, 0.25) is 6.43 Å². The highest BCUT2D eigenvalue weighted by atomic mass is 19.3. The molecule has 0 saturated carbocycles. The highest BCUT2D eigenvalue weighted by Crippen LogP contribution is 2.22. The molecule has 1 unspecified atom stereocenters. The van der Waals surface area contributed by atoms with Crippen molar-refractivity contribution in [3.8, 4) is 0 Å². The predicted molar refractivity (Wildman–Crippen MR) is 76.2 cm³/mol. The molecule has 0 heterocycles. The van der Waals surface area contributed by atoms with Gasteiger partial charge in [-0.3, -0.25) is 4.79 Å². The molecule has 5 nitrogen and oxygen atoms in total. The molecular weight excluding hydrogens is 296 g/mol. The average Bonchev–Trinajstić information content (AvgIpc) is 2.46. The fourth-order valence-corrected chi connectivity index (χ4v) is 2.10.